The van der Waals surface area contributed by atoms with Crippen LogP contribution >= 0.6 is 11.3 Å². The van der Waals surface area contributed by atoms with E-state index in [0.29, 0.717) is 0 Å². The van der Waals surface area contributed by atoms with E-state index in [0.717, 1.165) is 29.1 Å². The van der Waals surface area contributed by atoms with Crippen molar-refractivity contribution < 1.29 is 14.6 Å². The van der Waals surface area contributed by atoms with Gasteiger partial charge in [-0.2, -0.15) is 0 Å². The summed E-state index contributed by atoms with van der Waals surface area (Å²) in [6, 6.07) is 6.84. The Kier molecular flexibility index (Phi) is 4.75. The highest BCUT2D eigenvalue weighted by Crippen LogP contribution is 2.36. The van der Waals surface area contributed by atoms with E-state index in [1.165, 1.54) is 0 Å². The number of carboxylic acid groups (broad SMARTS) is 1. The van der Waals surface area contributed by atoms with Crippen LogP contribution in [0.3, 0.4) is 0 Å². The van der Waals surface area contributed by atoms with E-state index in [9.17, 15) is 4.79 Å². The van der Waals surface area contributed by atoms with E-state index in [1.807, 2.05) is 11.4 Å². The van der Waals surface area contributed by atoms with Crippen molar-refractivity contribution in [3.05, 3.63) is 40.2 Å². The minimum Gasteiger partial charge on any atom is -0.478 e. The smallest absolute Gasteiger partial charge is 0.335 e. The van der Waals surface area contributed by atoms with Gasteiger partial charge in [0.25, 0.3) is 0 Å². The molecular weight excluding hydrogens is 286 g/mol. The summed E-state index contributed by atoms with van der Waals surface area (Å²) in [5, 5.41) is 12.0. The lowest BCUT2D eigenvalue weighted by Gasteiger charge is -2.27. The third-order valence-corrected chi connectivity index (χ3v) is 4.86. The highest BCUT2D eigenvalue weighted by Gasteiger charge is 2.31. The second kappa shape index (κ2) is 6.37. The van der Waals surface area contributed by atoms with Gasteiger partial charge in [0.1, 0.15) is 10.6 Å². The van der Waals surface area contributed by atoms with Crippen LogP contribution in [-0.2, 0) is 10.3 Å². The molecule has 0 radical (unpaired) electrons. The lowest BCUT2D eigenvalue weighted by atomic mass is 9.98. The number of rotatable bonds is 6. The van der Waals surface area contributed by atoms with Gasteiger partial charge < -0.3 is 9.84 Å². The lowest BCUT2D eigenvalue weighted by molar-refractivity contribution is -0.0218. The molecule has 1 heterocycles. The van der Waals surface area contributed by atoms with Crippen molar-refractivity contribution in [2.24, 2.45) is 0 Å². The maximum atomic E-state index is 11.1. The topological polar surface area (TPSA) is 59.4 Å². The van der Waals surface area contributed by atoms with Crippen LogP contribution in [0.2, 0.25) is 0 Å². The first-order valence-corrected chi connectivity index (χ1v) is 7.79. The number of benzene rings is 1. The second-order valence-corrected chi connectivity index (χ2v) is 5.69. The molecule has 0 saturated carbocycles. The van der Waals surface area contributed by atoms with Gasteiger partial charge in [-0.05, 0) is 25.0 Å². The maximum Gasteiger partial charge on any atom is 0.335 e. The molecule has 2 rings (SSSR count). The lowest BCUT2D eigenvalue weighted by Crippen LogP contribution is -2.26. The summed E-state index contributed by atoms with van der Waals surface area (Å²) < 4.78 is 5.69. The largest absolute Gasteiger partial charge is 0.478 e. The number of nitrogens with zero attached hydrogens (tertiary/aromatic N) is 1. The van der Waals surface area contributed by atoms with E-state index in [4.69, 9.17) is 9.84 Å². The molecule has 0 amide bonds. The molecule has 1 N–H and O–H groups in total. The zero-order valence-corrected chi connectivity index (χ0v) is 13.2. The molecule has 4 nitrogen and oxygen atoms in total. The Morgan fingerprint density at radius 2 is 2.10 bits per heavy atom. The third kappa shape index (κ3) is 2.99. The Bertz CT molecular complexity index is 624. The van der Waals surface area contributed by atoms with Gasteiger partial charge in [-0.3, -0.25) is 0 Å². The van der Waals surface area contributed by atoms with E-state index in [2.05, 4.69) is 18.8 Å². The Morgan fingerprint density at radius 1 is 1.38 bits per heavy atom. The number of methoxy groups -OCH3 is 1. The summed E-state index contributed by atoms with van der Waals surface area (Å²) in [5.41, 5.74) is 1.52. The molecule has 0 aliphatic heterocycles. The van der Waals surface area contributed by atoms with E-state index in [-0.39, 0.29) is 11.2 Å². The first-order chi connectivity index (χ1) is 10.1. The molecule has 1 aromatic heterocycles. The fourth-order valence-corrected chi connectivity index (χ4v) is 3.51. The summed E-state index contributed by atoms with van der Waals surface area (Å²) in [5.74, 6) is -0.930. The molecule has 112 valence electrons. The van der Waals surface area contributed by atoms with E-state index >= 15 is 0 Å². The average molecular weight is 305 g/mol. The number of hydrogen-bond donors (Lipinski definition) is 1. The summed E-state index contributed by atoms with van der Waals surface area (Å²) in [6.07, 6.45) is 1.70. The first-order valence-electron chi connectivity index (χ1n) is 6.91. The number of hydrogen-bond acceptors (Lipinski definition) is 4. The summed E-state index contributed by atoms with van der Waals surface area (Å²) in [4.78, 5) is 15.7. The first kappa shape index (κ1) is 15.7. The highest BCUT2D eigenvalue weighted by atomic mass is 32.1. The van der Waals surface area contributed by atoms with Crippen molar-refractivity contribution >= 4 is 17.3 Å². The van der Waals surface area contributed by atoms with Gasteiger partial charge in [-0.15, -0.1) is 11.3 Å². The predicted molar refractivity (Wildman–Crippen MR) is 83.8 cm³/mol. The van der Waals surface area contributed by atoms with Crippen LogP contribution in [0.5, 0.6) is 0 Å². The van der Waals surface area contributed by atoms with Gasteiger partial charge in [0.2, 0.25) is 0 Å². The molecule has 0 atom stereocenters. The zero-order valence-electron chi connectivity index (χ0n) is 12.4. The quantitative estimate of drug-likeness (QED) is 0.870. The number of aromatic nitrogens is 1. The molecule has 0 aliphatic rings. The number of thiazole rings is 1. The molecule has 21 heavy (non-hydrogen) atoms. The molecule has 0 saturated heterocycles. The summed E-state index contributed by atoms with van der Waals surface area (Å²) >= 11 is 1.56. The number of ether oxygens (including phenoxy) is 1. The van der Waals surface area contributed by atoms with Crippen LogP contribution in [-0.4, -0.2) is 23.2 Å². The fraction of sp³-hybridized carbons (Fsp3) is 0.375. The van der Waals surface area contributed by atoms with Gasteiger partial charge in [0.15, 0.2) is 0 Å². The molecule has 0 fully saturated rings. The highest BCUT2D eigenvalue weighted by molar-refractivity contribution is 7.10. The molecule has 0 aliphatic carbocycles. The molecule has 1 aromatic carbocycles. The number of carboxylic acids is 1. The molecule has 5 heteroatoms. The van der Waals surface area contributed by atoms with Crippen molar-refractivity contribution in [2.75, 3.05) is 7.11 Å². The Hall–Kier alpha value is -1.72. The average Bonchev–Trinajstić information content (AvgIpc) is 3.00. The van der Waals surface area contributed by atoms with Gasteiger partial charge >= 0.3 is 5.97 Å². The van der Waals surface area contributed by atoms with Crippen LogP contribution in [0.15, 0.2) is 29.6 Å². The van der Waals surface area contributed by atoms with Crippen LogP contribution in [0.1, 0.15) is 42.1 Å². The SMILES string of the molecule is CCC(CC)(OC)c1nc(-c2cccc(C(=O)O)c2)cs1. The Morgan fingerprint density at radius 3 is 2.67 bits per heavy atom. The van der Waals surface area contributed by atoms with E-state index in [1.54, 1.807) is 36.6 Å². The maximum absolute atomic E-state index is 11.1. The Balaban J connectivity index is 2.40. The second-order valence-electron chi connectivity index (χ2n) is 4.83. The minimum atomic E-state index is -0.930. The van der Waals surface area contributed by atoms with Crippen molar-refractivity contribution in [3.8, 4) is 11.3 Å². The van der Waals surface area contributed by atoms with Crippen molar-refractivity contribution in [2.45, 2.75) is 32.3 Å². The van der Waals surface area contributed by atoms with Crippen LogP contribution in [0, 0.1) is 0 Å². The summed E-state index contributed by atoms with van der Waals surface area (Å²) in [6.45, 7) is 4.16. The van der Waals surface area contributed by atoms with E-state index < -0.39 is 5.97 Å². The molecule has 0 bridgehead atoms. The van der Waals surface area contributed by atoms with Crippen LogP contribution in [0.25, 0.3) is 11.3 Å². The van der Waals surface area contributed by atoms with Gasteiger partial charge in [0.05, 0.1) is 11.3 Å². The zero-order chi connectivity index (χ0) is 15.5. The van der Waals surface area contributed by atoms with Crippen molar-refractivity contribution in [3.63, 3.8) is 0 Å². The fourth-order valence-electron chi connectivity index (χ4n) is 2.36. The summed E-state index contributed by atoms with van der Waals surface area (Å²) in [7, 11) is 1.71. The number of carbonyl (C=O) groups is 1. The number of aromatic carboxylic acids is 1. The van der Waals surface area contributed by atoms with Crippen molar-refractivity contribution in [1.29, 1.82) is 0 Å². The standard InChI is InChI=1S/C16H19NO3S/c1-4-16(5-2,20-3)15-17-13(10-21-15)11-7-6-8-12(9-11)14(18)19/h6-10H,4-5H2,1-3H3,(H,18,19). The Labute approximate surface area is 128 Å². The van der Waals surface area contributed by atoms with Crippen molar-refractivity contribution in [1.82, 2.24) is 4.98 Å². The molecule has 0 unspecified atom stereocenters. The molecular formula is C16H19NO3S. The minimum absolute atomic E-state index is 0.269. The van der Waals surface area contributed by atoms with Crippen LogP contribution in [0.4, 0.5) is 0 Å². The van der Waals surface area contributed by atoms with Gasteiger partial charge in [-0.1, -0.05) is 26.0 Å². The normalized spacial score (nSPS) is 11.6. The van der Waals surface area contributed by atoms with Crippen LogP contribution < -0.4 is 0 Å². The third-order valence-electron chi connectivity index (χ3n) is 3.83. The van der Waals surface area contributed by atoms with Gasteiger partial charge in [-0.25, -0.2) is 9.78 Å². The van der Waals surface area contributed by atoms with Gasteiger partial charge in [0, 0.05) is 18.1 Å². The predicted octanol–water partition coefficient (Wildman–Crippen LogP) is 4.17. The monoisotopic (exact) mass is 305 g/mol. The molecule has 0 spiro atoms. The molecule has 2 aromatic rings.